The van der Waals surface area contributed by atoms with Gasteiger partial charge in [0.05, 0.1) is 35.9 Å². The summed E-state index contributed by atoms with van der Waals surface area (Å²) >= 11 is 1.47. The minimum absolute atomic E-state index is 0.0587. The molecule has 2 atom stereocenters. The number of halogens is 1. The maximum Gasteiger partial charge on any atom is 0.321 e. The SMILES string of the molecule is O=C(Nc1nc2c(s1)[C@@H]1COC[C@H](C2)N1c1cc(-c2ccc(F)cc2)on1)NC1CCOCC1. The van der Waals surface area contributed by atoms with Crippen LogP contribution in [0, 0.1) is 5.82 Å². The summed E-state index contributed by atoms with van der Waals surface area (Å²) in [7, 11) is 0. The zero-order chi connectivity index (χ0) is 23.1. The molecule has 178 valence electrons. The lowest BCUT2D eigenvalue weighted by Crippen LogP contribution is -2.51. The van der Waals surface area contributed by atoms with E-state index in [9.17, 15) is 9.18 Å². The molecule has 0 aliphatic carbocycles. The number of fused-ring (bicyclic) bond motifs is 4. The van der Waals surface area contributed by atoms with Crippen molar-refractivity contribution in [2.75, 3.05) is 36.6 Å². The van der Waals surface area contributed by atoms with Crippen molar-refractivity contribution in [1.29, 1.82) is 0 Å². The van der Waals surface area contributed by atoms with E-state index in [1.54, 1.807) is 12.1 Å². The van der Waals surface area contributed by atoms with Gasteiger partial charge in [-0.15, -0.1) is 0 Å². The first-order valence-electron chi connectivity index (χ1n) is 11.4. The molecule has 2 saturated heterocycles. The summed E-state index contributed by atoms with van der Waals surface area (Å²) in [6, 6.07) is 7.89. The number of hydrogen-bond donors (Lipinski definition) is 2. The number of anilines is 2. The number of hydrogen-bond acceptors (Lipinski definition) is 8. The highest BCUT2D eigenvalue weighted by Gasteiger charge is 2.42. The number of nitrogens with zero attached hydrogens (tertiary/aromatic N) is 3. The second-order valence-corrected chi connectivity index (χ2v) is 9.72. The first kappa shape index (κ1) is 21.5. The number of ether oxygens (including phenoxy) is 2. The molecule has 2 amide bonds. The Morgan fingerprint density at radius 1 is 1.15 bits per heavy atom. The summed E-state index contributed by atoms with van der Waals surface area (Å²) in [5.74, 6) is 0.995. The van der Waals surface area contributed by atoms with Gasteiger partial charge in [0, 0.05) is 37.3 Å². The molecule has 6 rings (SSSR count). The molecule has 5 heterocycles. The average molecular weight is 486 g/mol. The number of carbonyl (C=O) groups is 1. The third-order valence-corrected chi connectivity index (χ3v) is 7.56. The minimum Gasteiger partial charge on any atom is -0.381 e. The lowest BCUT2D eigenvalue weighted by atomic mass is 9.96. The van der Waals surface area contributed by atoms with Gasteiger partial charge in [0.1, 0.15) is 5.82 Å². The van der Waals surface area contributed by atoms with Crippen LogP contribution in [0.15, 0.2) is 34.9 Å². The molecule has 2 fully saturated rings. The zero-order valence-electron chi connectivity index (χ0n) is 18.3. The largest absolute Gasteiger partial charge is 0.381 e. The van der Waals surface area contributed by atoms with Gasteiger partial charge < -0.3 is 24.2 Å². The molecule has 2 bridgehead atoms. The number of urea groups is 1. The number of aromatic nitrogens is 2. The second-order valence-electron chi connectivity index (χ2n) is 8.69. The quantitative estimate of drug-likeness (QED) is 0.581. The van der Waals surface area contributed by atoms with Crippen molar-refractivity contribution >= 4 is 28.3 Å². The van der Waals surface area contributed by atoms with E-state index >= 15 is 0 Å². The Balaban J connectivity index is 1.21. The molecule has 1 aromatic carbocycles. The lowest BCUT2D eigenvalue weighted by Gasteiger charge is -2.44. The van der Waals surface area contributed by atoms with Crippen LogP contribution in [0.2, 0.25) is 0 Å². The Bertz CT molecular complexity index is 1180. The predicted octanol–water partition coefficient (Wildman–Crippen LogP) is 3.74. The maximum absolute atomic E-state index is 13.3. The smallest absolute Gasteiger partial charge is 0.321 e. The van der Waals surface area contributed by atoms with Gasteiger partial charge >= 0.3 is 6.03 Å². The standard InChI is InChI=1S/C23H24FN5O4S/c24-14-3-1-13(2-4-14)19-10-20(28-33-19)29-16-9-17-21(18(29)12-32-11-16)34-23(26-17)27-22(30)25-15-5-7-31-8-6-15/h1-4,10,15-16,18H,5-9,11-12H2,(H2,25,26,27,30)/t16-,18-/m0/s1. The van der Waals surface area contributed by atoms with Gasteiger partial charge in [-0.2, -0.15) is 0 Å². The first-order chi connectivity index (χ1) is 16.6. The number of nitrogens with one attached hydrogen (secondary N) is 2. The average Bonchev–Trinajstić information content (AvgIpc) is 3.47. The molecule has 0 radical (unpaired) electrons. The molecule has 11 heteroatoms. The van der Waals surface area contributed by atoms with Gasteiger partial charge in [0.15, 0.2) is 16.7 Å². The van der Waals surface area contributed by atoms with Crippen molar-refractivity contribution < 1.29 is 23.2 Å². The van der Waals surface area contributed by atoms with Gasteiger partial charge in [-0.1, -0.05) is 16.5 Å². The number of carbonyl (C=O) groups excluding carboxylic acids is 1. The molecular formula is C23H24FN5O4S. The van der Waals surface area contributed by atoms with Gasteiger partial charge in [0.2, 0.25) is 0 Å². The van der Waals surface area contributed by atoms with E-state index in [1.807, 2.05) is 6.07 Å². The van der Waals surface area contributed by atoms with Gasteiger partial charge in [0.25, 0.3) is 0 Å². The number of thiazole rings is 1. The monoisotopic (exact) mass is 485 g/mol. The van der Waals surface area contributed by atoms with Crippen LogP contribution in [0.3, 0.4) is 0 Å². The topological polar surface area (TPSA) is 102 Å². The summed E-state index contributed by atoms with van der Waals surface area (Å²) < 4.78 is 30.1. The normalized spacial score (nSPS) is 22.3. The summed E-state index contributed by atoms with van der Waals surface area (Å²) in [5.41, 5.74) is 1.75. The van der Waals surface area contributed by atoms with Crippen LogP contribution in [-0.2, 0) is 15.9 Å². The second kappa shape index (κ2) is 8.97. The summed E-state index contributed by atoms with van der Waals surface area (Å²) in [4.78, 5) is 20.5. The van der Waals surface area contributed by atoms with Gasteiger partial charge in [-0.05, 0) is 37.1 Å². The predicted molar refractivity (Wildman–Crippen MR) is 124 cm³/mol. The fraction of sp³-hybridized carbons (Fsp3) is 0.435. The highest BCUT2D eigenvalue weighted by Crippen LogP contribution is 2.43. The third-order valence-electron chi connectivity index (χ3n) is 6.44. The van der Waals surface area contributed by atoms with E-state index in [0.29, 0.717) is 49.6 Å². The molecule has 3 aliphatic heterocycles. The van der Waals surface area contributed by atoms with E-state index in [-0.39, 0.29) is 30.0 Å². The molecule has 34 heavy (non-hydrogen) atoms. The molecule has 0 unspecified atom stereocenters. The summed E-state index contributed by atoms with van der Waals surface area (Å²) in [6.45, 7) is 2.39. The highest BCUT2D eigenvalue weighted by molar-refractivity contribution is 7.16. The highest BCUT2D eigenvalue weighted by atomic mass is 32.1. The van der Waals surface area contributed by atoms with Crippen LogP contribution < -0.4 is 15.5 Å². The molecular weight excluding hydrogens is 461 g/mol. The van der Waals surface area contributed by atoms with Crippen LogP contribution in [0.25, 0.3) is 11.3 Å². The third kappa shape index (κ3) is 4.15. The molecule has 9 nitrogen and oxygen atoms in total. The number of rotatable bonds is 4. The Hall–Kier alpha value is -3.02. The summed E-state index contributed by atoms with van der Waals surface area (Å²) in [5, 5.41) is 10.8. The fourth-order valence-electron chi connectivity index (χ4n) is 4.78. The van der Waals surface area contributed by atoms with Crippen LogP contribution in [-0.4, -0.2) is 54.7 Å². The molecule has 2 N–H and O–H groups in total. The van der Waals surface area contributed by atoms with E-state index in [1.165, 1.54) is 23.5 Å². The van der Waals surface area contributed by atoms with Gasteiger partial charge in [-0.3, -0.25) is 5.32 Å². The van der Waals surface area contributed by atoms with Crippen LogP contribution in [0.5, 0.6) is 0 Å². The van der Waals surface area contributed by atoms with Crippen LogP contribution in [0.4, 0.5) is 20.1 Å². The van der Waals surface area contributed by atoms with Crippen molar-refractivity contribution in [2.45, 2.75) is 37.4 Å². The maximum atomic E-state index is 13.3. The van der Waals surface area contributed by atoms with Gasteiger partial charge in [-0.25, -0.2) is 14.2 Å². The first-order valence-corrected chi connectivity index (χ1v) is 12.2. The van der Waals surface area contributed by atoms with Crippen molar-refractivity contribution in [2.24, 2.45) is 0 Å². The van der Waals surface area contributed by atoms with Crippen molar-refractivity contribution in [3.05, 3.63) is 46.7 Å². The molecule has 3 aliphatic rings. The van der Waals surface area contributed by atoms with E-state index in [4.69, 9.17) is 19.0 Å². The Labute approximate surface area is 199 Å². The Morgan fingerprint density at radius 3 is 2.79 bits per heavy atom. The molecule has 3 aromatic rings. The molecule has 0 saturated carbocycles. The number of amides is 2. The van der Waals surface area contributed by atoms with Crippen LogP contribution >= 0.6 is 11.3 Å². The van der Waals surface area contributed by atoms with Crippen molar-refractivity contribution in [1.82, 2.24) is 15.5 Å². The van der Waals surface area contributed by atoms with Crippen molar-refractivity contribution in [3.63, 3.8) is 0 Å². The number of morpholine rings is 1. The Morgan fingerprint density at radius 2 is 1.97 bits per heavy atom. The van der Waals surface area contributed by atoms with E-state index < -0.39 is 0 Å². The summed E-state index contributed by atoms with van der Waals surface area (Å²) in [6.07, 6.45) is 2.31. The van der Waals surface area contributed by atoms with E-state index in [0.717, 1.165) is 29.0 Å². The zero-order valence-corrected chi connectivity index (χ0v) is 19.1. The Kier molecular flexibility index (Phi) is 5.67. The molecule has 0 spiro atoms. The fourth-order valence-corrected chi connectivity index (χ4v) is 5.85. The number of benzene rings is 1. The molecule has 2 aromatic heterocycles. The van der Waals surface area contributed by atoms with Crippen LogP contribution in [0.1, 0.15) is 29.5 Å². The van der Waals surface area contributed by atoms with Crippen molar-refractivity contribution in [3.8, 4) is 11.3 Å². The lowest BCUT2D eigenvalue weighted by molar-refractivity contribution is 0.0601. The van der Waals surface area contributed by atoms with E-state index in [2.05, 4.69) is 20.7 Å². The minimum atomic E-state index is -0.297.